The lowest BCUT2D eigenvalue weighted by Gasteiger charge is -2.02. The summed E-state index contributed by atoms with van der Waals surface area (Å²) in [6.45, 7) is 0. The molecular formula is C15H13F2S+. The number of rotatable bonds is 4. The third-order valence-electron chi connectivity index (χ3n) is 2.35. The summed E-state index contributed by atoms with van der Waals surface area (Å²) in [4.78, 5) is 2.08. The van der Waals surface area contributed by atoms with Gasteiger partial charge in [0.2, 0.25) is 0 Å². The van der Waals surface area contributed by atoms with Crippen molar-refractivity contribution in [2.24, 2.45) is 0 Å². The van der Waals surface area contributed by atoms with Crippen LogP contribution in [0.1, 0.15) is 0 Å². The van der Waals surface area contributed by atoms with Gasteiger partial charge in [-0.15, -0.1) is 0 Å². The molecule has 0 saturated carbocycles. The number of hydrogen-bond donors (Lipinski definition) is 0. The second kappa shape index (κ2) is 6.36. The highest BCUT2D eigenvalue weighted by Crippen LogP contribution is 2.24. The van der Waals surface area contributed by atoms with E-state index in [-0.39, 0.29) is 0 Å². The number of hydrogen-bond acceptors (Lipinski definition) is 0. The van der Waals surface area contributed by atoms with Crippen LogP contribution >= 0.6 is 0 Å². The number of benzene rings is 2. The van der Waals surface area contributed by atoms with E-state index in [1.807, 2.05) is 60.7 Å². The molecule has 2 aromatic rings. The summed E-state index contributed by atoms with van der Waals surface area (Å²) >= 11 is 0. The molecule has 0 aliphatic heterocycles. The van der Waals surface area contributed by atoms with Crippen LogP contribution in [0.25, 0.3) is 0 Å². The van der Waals surface area contributed by atoms with E-state index in [1.165, 1.54) is 0 Å². The Labute approximate surface area is 108 Å². The van der Waals surface area contributed by atoms with E-state index < -0.39 is 17.3 Å². The van der Waals surface area contributed by atoms with E-state index in [0.29, 0.717) is 0 Å². The topological polar surface area (TPSA) is 0 Å². The molecule has 18 heavy (non-hydrogen) atoms. The van der Waals surface area contributed by atoms with Crippen LogP contribution < -0.4 is 0 Å². The van der Waals surface area contributed by atoms with Gasteiger partial charge < -0.3 is 0 Å². The fraction of sp³-hybridized carbons (Fsp3) is 0.0667. The molecule has 0 aliphatic carbocycles. The Morgan fingerprint density at radius 3 is 1.61 bits per heavy atom. The Morgan fingerprint density at radius 2 is 1.22 bits per heavy atom. The van der Waals surface area contributed by atoms with Crippen LogP contribution in [-0.4, -0.2) is 6.43 Å². The van der Waals surface area contributed by atoms with E-state index in [2.05, 4.69) is 0 Å². The smallest absolute Gasteiger partial charge is 0.206 e. The zero-order chi connectivity index (χ0) is 12.8. The molecule has 3 heteroatoms. The van der Waals surface area contributed by atoms with E-state index in [0.717, 1.165) is 15.9 Å². The molecule has 92 valence electrons. The summed E-state index contributed by atoms with van der Waals surface area (Å²) in [5, 5.41) is 1.59. The Bertz CT molecular complexity index is 455. The van der Waals surface area contributed by atoms with Crippen molar-refractivity contribution in [1.29, 1.82) is 0 Å². The maximum absolute atomic E-state index is 12.3. The zero-order valence-corrected chi connectivity index (χ0v) is 10.5. The molecule has 0 bridgehead atoms. The van der Waals surface area contributed by atoms with Gasteiger partial charge in [-0.3, -0.25) is 0 Å². The van der Waals surface area contributed by atoms with Crippen LogP contribution in [0.5, 0.6) is 0 Å². The minimum atomic E-state index is -2.41. The van der Waals surface area contributed by atoms with Gasteiger partial charge in [-0.1, -0.05) is 36.4 Å². The largest absolute Gasteiger partial charge is 0.261 e. The second-order valence-electron chi connectivity index (χ2n) is 3.63. The van der Waals surface area contributed by atoms with Crippen LogP contribution in [0.3, 0.4) is 0 Å². The highest BCUT2D eigenvalue weighted by molar-refractivity contribution is 7.99. The number of allylic oxidation sites excluding steroid dienone is 1. The van der Waals surface area contributed by atoms with Gasteiger partial charge in [0, 0.05) is 6.08 Å². The van der Waals surface area contributed by atoms with Gasteiger partial charge in [0.1, 0.15) is 5.41 Å². The average molecular weight is 263 g/mol. The molecule has 0 aromatic heterocycles. The SMILES string of the molecule is FC(F)/C=C/[S+](c1ccccc1)c1ccccc1. The number of alkyl halides is 2. The Hall–Kier alpha value is -1.61. The molecule has 2 aromatic carbocycles. The van der Waals surface area contributed by atoms with E-state index in [9.17, 15) is 8.78 Å². The summed E-state index contributed by atoms with van der Waals surface area (Å²) < 4.78 is 24.7. The Morgan fingerprint density at radius 1 is 0.778 bits per heavy atom. The third kappa shape index (κ3) is 3.44. The van der Waals surface area contributed by atoms with Crippen molar-refractivity contribution in [3.8, 4) is 0 Å². The molecule has 0 saturated heterocycles. The van der Waals surface area contributed by atoms with Crippen molar-refractivity contribution in [2.45, 2.75) is 16.2 Å². The van der Waals surface area contributed by atoms with Gasteiger partial charge >= 0.3 is 0 Å². The molecule has 0 nitrogen and oxygen atoms in total. The summed E-state index contributed by atoms with van der Waals surface area (Å²) in [6, 6.07) is 19.4. The number of halogens is 2. The molecule has 0 unspecified atom stereocenters. The van der Waals surface area contributed by atoms with E-state index >= 15 is 0 Å². The van der Waals surface area contributed by atoms with Crippen molar-refractivity contribution < 1.29 is 8.78 Å². The monoisotopic (exact) mass is 263 g/mol. The van der Waals surface area contributed by atoms with Crippen molar-refractivity contribution in [3.63, 3.8) is 0 Å². The molecule has 0 radical (unpaired) electrons. The second-order valence-corrected chi connectivity index (χ2v) is 5.52. The van der Waals surface area contributed by atoms with Crippen molar-refractivity contribution in [1.82, 2.24) is 0 Å². The van der Waals surface area contributed by atoms with Crippen LogP contribution in [0.15, 0.2) is 81.9 Å². The Balaban J connectivity index is 2.35. The summed E-state index contributed by atoms with van der Waals surface area (Å²) in [5.41, 5.74) is 0. The van der Waals surface area contributed by atoms with Crippen LogP contribution in [0.2, 0.25) is 0 Å². The molecule has 0 atom stereocenters. The molecule has 0 fully saturated rings. The maximum atomic E-state index is 12.3. The first-order valence-electron chi connectivity index (χ1n) is 5.57. The maximum Gasteiger partial charge on any atom is 0.261 e. The highest BCUT2D eigenvalue weighted by atomic mass is 32.2. The fourth-order valence-corrected chi connectivity index (χ4v) is 3.33. The van der Waals surface area contributed by atoms with Crippen molar-refractivity contribution in [3.05, 3.63) is 72.1 Å². The van der Waals surface area contributed by atoms with Gasteiger partial charge in [0.25, 0.3) is 6.43 Å². The van der Waals surface area contributed by atoms with Crippen LogP contribution in [0.4, 0.5) is 8.78 Å². The average Bonchev–Trinajstić information content (AvgIpc) is 2.41. The predicted octanol–water partition coefficient (Wildman–Crippen LogP) is 4.50. The van der Waals surface area contributed by atoms with Crippen molar-refractivity contribution in [2.75, 3.05) is 0 Å². The van der Waals surface area contributed by atoms with Gasteiger partial charge in [-0.2, -0.15) is 0 Å². The summed E-state index contributed by atoms with van der Waals surface area (Å²) in [7, 11) is -0.432. The van der Waals surface area contributed by atoms with E-state index in [4.69, 9.17) is 0 Å². The molecule has 0 aliphatic rings. The molecule has 2 rings (SSSR count). The quantitative estimate of drug-likeness (QED) is 0.712. The fourth-order valence-electron chi connectivity index (χ4n) is 1.57. The van der Waals surface area contributed by atoms with Gasteiger partial charge in [0.05, 0.1) is 10.9 Å². The third-order valence-corrected chi connectivity index (χ3v) is 4.34. The summed E-state index contributed by atoms with van der Waals surface area (Å²) in [5.74, 6) is 0. The first-order valence-corrected chi connectivity index (χ1v) is 6.86. The Kier molecular flexibility index (Phi) is 4.53. The lowest BCUT2D eigenvalue weighted by molar-refractivity contribution is 0.204. The minimum absolute atomic E-state index is 0.432. The molecule has 0 spiro atoms. The molecule has 0 N–H and O–H groups in total. The zero-order valence-electron chi connectivity index (χ0n) is 9.67. The molecular weight excluding hydrogens is 250 g/mol. The molecule has 0 heterocycles. The lowest BCUT2D eigenvalue weighted by atomic mass is 10.4. The first-order chi connectivity index (χ1) is 8.77. The molecule has 0 amide bonds. The highest BCUT2D eigenvalue weighted by Gasteiger charge is 2.22. The van der Waals surface area contributed by atoms with E-state index in [1.54, 1.807) is 5.41 Å². The summed E-state index contributed by atoms with van der Waals surface area (Å²) in [6.07, 6.45) is -1.45. The van der Waals surface area contributed by atoms with Crippen LogP contribution in [0, 0.1) is 0 Å². The van der Waals surface area contributed by atoms with Gasteiger partial charge in [0.15, 0.2) is 9.79 Å². The minimum Gasteiger partial charge on any atom is -0.206 e. The van der Waals surface area contributed by atoms with Crippen LogP contribution in [-0.2, 0) is 10.9 Å². The predicted molar refractivity (Wildman–Crippen MR) is 71.9 cm³/mol. The lowest BCUT2D eigenvalue weighted by Crippen LogP contribution is -2.00. The standard InChI is InChI=1S/C15H13F2S/c16-15(17)11-12-18(13-7-3-1-4-8-13)14-9-5-2-6-10-14/h1-12,15H/q+1/b12-11+. The van der Waals surface area contributed by atoms with Crippen molar-refractivity contribution >= 4 is 10.9 Å². The van der Waals surface area contributed by atoms with Gasteiger partial charge in [-0.25, -0.2) is 8.78 Å². The first kappa shape index (κ1) is 12.8. The normalized spacial score (nSPS) is 11.6. The van der Waals surface area contributed by atoms with Gasteiger partial charge in [-0.05, 0) is 24.3 Å².